The molecular weight excluding hydrogens is 370 g/mol. The molecule has 0 unspecified atom stereocenters. The van der Waals surface area contributed by atoms with E-state index in [0.29, 0.717) is 6.04 Å². The van der Waals surface area contributed by atoms with Crippen LogP contribution in [0.15, 0.2) is 79.5 Å². The second-order valence-corrected chi connectivity index (χ2v) is 8.77. The highest BCUT2D eigenvalue weighted by molar-refractivity contribution is 5.69. The summed E-state index contributed by atoms with van der Waals surface area (Å²) in [6.45, 7) is 8.42. The second-order valence-electron chi connectivity index (χ2n) is 8.77. The lowest BCUT2D eigenvalue weighted by molar-refractivity contribution is 0.240. The number of nitrogens with one attached hydrogen (secondary N) is 2. The van der Waals surface area contributed by atoms with Crippen molar-refractivity contribution in [3.8, 4) is 22.4 Å². The average molecular weight is 400 g/mol. The number of rotatable bonds is 7. The van der Waals surface area contributed by atoms with Crippen molar-refractivity contribution in [3.05, 3.63) is 85.1 Å². The Kier molecular flexibility index (Phi) is 5.81. The average Bonchev–Trinajstić information content (AvgIpc) is 3.43. The minimum Gasteiger partial charge on any atom is -0.336 e. The summed E-state index contributed by atoms with van der Waals surface area (Å²) in [5.74, 6) is 0. The van der Waals surface area contributed by atoms with Gasteiger partial charge in [0, 0.05) is 37.1 Å². The van der Waals surface area contributed by atoms with Gasteiger partial charge >= 0.3 is 0 Å². The van der Waals surface area contributed by atoms with Crippen LogP contribution in [0.2, 0.25) is 0 Å². The summed E-state index contributed by atoms with van der Waals surface area (Å²) in [5.41, 5.74) is 5.94. The Balaban J connectivity index is 1.49. The van der Waals surface area contributed by atoms with Gasteiger partial charge in [-0.25, -0.2) is 4.98 Å². The molecule has 5 heteroatoms. The van der Waals surface area contributed by atoms with Crippen LogP contribution in [0, 0.1) is 5.41 Å². The number of hydrogen-bond donors (Lipinski definition) is 2. The normalized spacial score (nSPS) is 12.8. The Morgan fingerprint density at radius 2 is 1.67 bits per heavy atom. The van der Waals surface area contributed by atoms with Crippen molar-refractivity contribution in [2.75, 3.05) is 0 Å². The zero-order valence-electron chi connectivity index (χ0n) is 17.8. The van der Waals surface area contributed by atoms with E-state index in [0.717, 1.165) is 24.3 Å². The fraction of sp³-hybridized carbons (Fsp3) is 0.280. The van der Waals surface area contributed by atoms with Gasteiger partial charge in [0.15, 0.2) is 0 Å². The quantitative estimate of drug-likeness (QED) is 0.452. The molecule has 0 spiro atoms. The number of benzene rings is 2. The van der Waals surface area contributed by atoms with Gasteiger partial charge in [0.25, 0.3) is 0 Å². The Morgan fingerprint density at radius 1 is 0.967 bits per heavy atom. The smallest absolute Gasteiger partial charge is 0.0946 e. The number of nitrogens with zero attached hydrogens (tertiary/aromatic N) is 3. The molecule has 5 nitrogen and oxygen atoms in total. The van der Waals surface area contributed by atoms with Gasteiger partial charge in [-0.3, -0.25) is 5.10 Å². The van der Waals surface area contributed by atoms with E-state index in [2.05, 4.69) is 94.4 Å². The summed E-state index contributed by atoms with van der Waals surface area (Å²) in [6, 6.07) is 19.4. The van der Waals surface area contributed by atoms with E-state index in [1.165, 1.54) is 16.7 Å². The summed E-state index contributed by atoms with van der Waals surface area (Å²) >= 11 is 0. The zero-order chi connectivity index (χ0) is 21.0. The van der Waals surface area contributed by atoms with Crippen LogP contribution in [-0.2, 0) is 13.1 Å². The lowest BCUT2D eigenvalue weighted by atomic mass is 9.86. The Morgan fingerprint density at radius 3 is 2.33 bits per heavy atom. The minimum absolute atomic E-state index is 0.117. The van der Waals surface area contributed by atoms with Crippen molar-refractivity contribution in [1.82, 2.24) is 25.1 Å². The number of aromatic amines is 1. The summed E-state index contributed by atoms with van der Waals surface area (Å²) < 4.78 is 2.13. The predicted octanol–water partition coefficient (Wildman–Crippen LogP) is 5.14. The molecule has 0 saturated heterocycles. The third-order valence-corrected chi connectivity index (χ3v) is 5.54. The Labute approximate surface area is 178 Å². The molecule has 0 bridgehead atoms. The van der Waals surface area contributed by atoms with Crippen LogP contribution in [0.1, 0.15) is 26.3 Å². The van der Waals surface area contributed by atoms with Crippen LogP contribution < -0.4 is 5.32 Å². The van der Waals surface area contributed by atoms with Crippen molar-refractivity contribution in [1.29, 1.82) is 0 Å². The summed E-state index contributed by atoms with van der Waals surface area (Å²) in [6.07, 6.45) is 7.63. The molecule has 2 aromatic carbocycles. The third-order valence-electron chi connectivity index (χ3n) is 5.54. The summed E-state index contributed by atoms with van der Waals surface area (Å²) in [5, 5.41) is 11.2. The molecule has 2 aromatic heterocycles. The van der Waals surface area contributed by atoms with Crippen LogP contribution in [0.25, 0.3) is 22.4 Å². The number of H-pyrrole nitrogens is 1. The lowest BCUT2D eigenvalue weighted by Gasteiger charge is -2.32. The highest BCUT2D eigenvalue weighted by Crippen LogP contribution is 2.27. The van der Waals surface area contributed by atoms with Crippen molar-refractivity contribution in [2.45, 2.75) is 39.9 Å². The van der Waals surface area contributed by atoms with E-state index in [1.54, 1.807) is 0 Å². The van der Waals surface area contributed by atoms with Gasteiger partial charge in [0.2, 0.25) is 0 Å². The van der Waals surface area contributed by atoms with E-state index in [-0.39, 0.29) is 5.41 Å². The van der Waals surface area contributed by atoms with E-state index in [9.17, 15) is 0 Å². The summed E-state index contributed by atoms with van der Waals surface area (Å²) in [4.78, 5) is 4.17. The van der Waals surface area contributed by atoms with Crippen molar-refractivity contribution < 1.29 is 0 Å². The monoisotopic (exact) mass is 399 g/mol. The Bertz CT molecular complexity index is 1040. The van der Waals surface area contributed by atoms with Crippen LogP contribution in [0.5, 0.6) is 0 Å². The maximum Gasteiger partial charge on any atom is 0.0946 e. The van der Waals surface area contributed by atoms with Gasteiger partial charge in [0.05, 0.1) is 18.2 Å². The highest BCUT2D eigenvalue weighted by Gasteiger charge is 2.25. The van der Waals surface area contributed by atoms with Crippen LogP contribution in [0.3, 0.4) is 0 Å². The van der Waals surface area contributed by atoms with E-state index < -0.39 is 0 Å². The maximum atomic E-state index is 4.31. The second kappa shape index (κ2) is 8.67. The van der Waals surface area contributed by atoms with Gasteiger partial charge < -0.3 is 9.88 Å². The molecule has 154 valence electrons. The number of aromatic nitrogens is 4. The molecule has 0 saturated carbocycles. The molecule has 0 aliphatic heterocycles. The van der Waals surface area contributed by atoms with E-state index >= 15 is 0 Å². The molecule has 4 aromatic rings. The fourth-order valence-corrected chi connectivity index (χ4v) is 3.64. The molecule has 2 N–H and O–H groups in total. The van der Waals surface area contributed by atoms with Crippen LogP contribution in [0.4, 0.5) is 0 Å². The van der Waals surface area contributed by atoms with Crippen molar-refractivity contribution in [2.24, 2.45) is 5.41 Å². The van der Waals surface area contributed by atoms with Gasteiger partial charge in [-0.05, 0) is 22.1 Å². The predicted molar refractivity (Wildman–Crippen MR) is 122 cm³/mol. The van der Waals surface area contributed by atoms with Gasteiger partial charge in [-0.2, -0.15) is 5.10 Å². The fourth-order valence-electron chi connectivity index (χ4n) is 3.64. The van der Waals surface area contributed by atoms with Gasteiger partial charge in [-0.1, -0.05) is 75.4 Å². The zero-order valence-corrected chi connectivity index (χ0v) is 17.8. The van der Waals surface area contributed by atoms with Crippen LogP contribution in [-0.4, -0.2) is 25.8 Å². The maximum absolute atomic E-state index is 4.31. The SMILES string of the molecule is CC(C)(C)[C@@H](Cn1ccnc1)NCc1cn[nH]c1-c1ccc(-c2ccccc2)cc1. The van der Waals surface area contributed by atoms with Crippen LogP contribution >= 0.6 is 0 Å². The largest absolute Gasteiger partial charge is 0.336 e. The summed E-state index contributed by atoms with van der Waals surface area (Å²) in [7, 11) is 0. The molecule has 30 heavy (non-hydrogen) atoms. The van der Waals surface area contributed by atoms with E-state index in [4.69, 9.17) is 0 Å². The highest BCUT2D eigenvalue weighted by atomic mass is 15.1. The minimum atomic E-state index is 0.117. The molecule has 4 rings (SSSR count). The first kappa shape index (κ1) is 20.1. The molecular formula is C25H29N5. The molecule has 0 aliphatic carbocycles. The molecule has 0 aliphatic rings. The first-order chi connectivity index (χ1) is 14.5. The first-order valence-corrected chi connectivity index (χ1v) is 10.4. The number of imidazole rings is 1. The van der Waals surface area contributed by atoms with Gasteiger partial charge in [0.1, 0.15) is 0 Å². The standard InChI is InChI=1S/C25H29N5/c1-25(2,3)23(17-30-14-13-26-18-30)27-15-22-16-28-29-24(22)21-11-9-20(10-12-21)19-7-5-4-6-8-19/h4-14,16,18,23,27H,15,17H2,1-3H3,(H,28,29)/t23-/m1/s1. The molecule has 0 radical (unpaired) electrons. The molecule has 1 atom stereocenters. The first-order valence-electron chi connectivity index (χ1n) is 10.4. The molecule has 0 amide bonds. The topological polar surface area (TPSA) is 58.5 Å². The van der Waals surface area contributed by atoms with Gasteiger partial charge in [-0.15, -0.1) is 0 Å². The molecule has 2 heterocycles. The third kappa shape index (κ3) is 4.69. The Hall–Kier alpha value is -3.18. The lowest BCUT2D eigenvalue weighted by Crippen LogP contribution is -2.43. The number of hydrogen-bond acceptors (Lipinski definition) is 3. The van der Waals surface area contributed by atoms with Crippen molar-refractivity contribution >= 4 is 0 Å². The molecule has 0 fully saturated rings. The van der Waals surface area contributed by atoms with Crippen molar-refractivity contribution in [3.63, 3.8) is 0 Å². The van der Waals surface area contributed by atoms with E-state index in [1.807, 2.05) is 31.0 Å².